The molecule has 0 aromatic heterocycles. The molecule has 10 heterocycles. The summed E-state index contributed by atoms with van der Waals surface area (Å²) in [4.78, 5) is 0. The van der Waals surface area contributed by atoms with E-state index in [1.54, 1.807) is 0 Å². The van der Waals surface area contributed by atoms with Gasteiger partial charge in [-0.05, 0) is 186 Å². The molecule has 18 fully saturated rings. The monoisotopic (exact) mass is 1290 g/mol. The van der Waals surface area contributed by atoms with Crippen LogP contribution >= 0.6 is 0 Å². The Morgan fingerprint density at radius 2 is 0.337 bits per heavy atom. The fourth-order valence-electron chi connectivity index (χ4n) is 24.4. The van der Waals surface area contributed by atoms with E-state index in [1.807, 2.05) is 0 Å². The van der Waals surface area contributed by atoms with Crippen LogP contribution in [0.3, 0.4) is 0 Å². The summed E-state index contributed by atoms with van der Waals surface area (Å²) in [6.45, 7) is 0. The fraction of sp³-hybridized carbons (Fsp3) is 1.00. The van der Waals surface area contributed by atoms with Crippen molar-refractivity contribution in [3.8, 4) is 0 Å². The van der Waals surface area contributed by atoms with E-state index in [4.69, 9.17) is 8.37 Å². The van der Waals surface area contributed by atoms with Crippen molar-refractivity contribution in [1.82, 2.24) is 85.1 Å². The molecule has 0 amide bonds. The van der Waals surface area contributed by atoms with Gasteiger partial charge >= 0.3 is 17.4 Å². The minimum atomic E-state index is -2.51. The molecular formula is C64H111AlN16O6S2. The normalized spacial score (nSPS) is 54.6. The molecule has 34 unspecified atom stereocenters. The molecule has 10 aliphatic heterocycles. The maximum atomic E-state index is 11.8. The molecule has 0 radical (unpaired) electrons. The molecule has 18 aliphatic rings. The van der Waals surface area contributed by atoms with Gasteiger partial charge in [0.2, 0.25) is 0 Å². The number of hydrogen-bond acceptors (Lipinski definition) is 24. The number of nitrogens with one attached hydrogen (secondary N) is 16. The molecule has 8 aliphatic carbocycles. The van der Waals surface area contributed by atoms with Crippen LogP contribution in [0.25, 0.3) is 0 Å². The van der Waals surface area contributed by atoms with Crippen molar-refractivity contribution in [3.63, 3.8) is 0 Å². The zero-order valence-corrected chi connectivity index (χ0v) is 55.9. The van der Waals surface area contributed by atoms with Crippen LogP contribution in [0, 0.1) is 94.7 Å². The van der Waals surface area contributed by atoms with Crippen LogP contribution in [-0.2, 0) is 47.2 Å². The zero-order valence-electron chi connectivity index (χ0n) is 52.8. The Labute approximate surface area is 544 Å². The molecule has 16 N–H and O–H groups in total. The van der Waals surface area contributed by atoms with Gasteiger partial charge < -0.3 is 25.2 Å². The third-order valence-electron chi connectivity index (χ3n) is 28.1. The molecule has 498 valence electrons. The molecule has 10 saturated heterocycles. The first kappa shape index (κ1) is 63.5. The van der Waals surface area contributed by atoms with E-state index in [0.717, 1.165) is 38.5 Å². The zero-order chi connectivity index (χ0) is 58.7. The Kier molecular flexibility index (Phi) is 19.4. The summed E-state index contributed by atoms with van der Waals surface area (Å²) in [5.41, 5.74) is 0. The van der Waals surface area contributed by atoms with Gasteiger partial charge in [0.05, 0.1) is 121 Å². The topological polar surface area (TPSA) is 279 Å². The Hall–Kier alpha value is -0.288. The molecule has 16 bridgehead atoms. The summed E-state index contributed by atoms with van der Waals surface area (Å²) in [5, 5.41) is 65.8. The van der Waals surface area contributed by atoms with E-state index in [1.165, 1.54) is 154 Å². The summed E-state index contributed by atoms with van der Waals surface area (Å²) in [6.07, 6.45) is 40.0. The van der Waals surface area contributed by atoms with Gasteiger partial charge in [0.25, 0.3) is 0 Å². The van der Waals surface area contributed by atoms with Crippen LogP contribution in [0.1, 0.15) is 193 Å². The van der Waals surface area contributed by atoms with Crippen molar-refractivity contribution in [2.75, 3.05) is 0 Å². The third kappa shape index (κ3) is 12.2. The van der Waals surface area contributed by atoms with E-state index >= 15 is 0 Å². The van der Waals surface area contributed by atoms with Crippen molar-refractivity contribution >= 4 is 39.3 Å². The standard InChI is InChI=1S/2C32H55N8O3S.Al.H/c2*41-44(42)43-23-15-7-14-22-24(23)32-39-30-21-13-6-5-12-20(21)28(37-30)35-26-17-9-2-1-8-16(17)25(33-26)34-27-18-10-3-4-11-19(18)29(36-27)38-31(22)40-32;;/h2*16-40H,1-15H2;;/q2*-1;+2;. The quantitative estimate of drug-likeness (QED) is 0.142. The summed E-state index contributed by atoms with van der Waals surface area (Å²) in [7, 11) is -5.02. The van der Waals surface area contributed by atoms with Gasteiger partial charge in [-0.1, -0.05) is 89.9 Å². The average Bonchev–Trinajstić information content (AvgIpc) is 1.88. The van der Waals surface area contributed by atoms with E-state index in [2.05, 4.69) is 85.1 Å². The molecule has 0 aromatic rings. The second-order valence-electron chi connectivity index (χ2n) is 32.0. The van der Waals surface area contributed by atoms with Gasteiger partial charge in [-0.25, -0.2) is 0 Å². The van der Waals surface area contributed by atoms with Crippen LogP contribution in [0.5, 0.6) is 0 Å². The Morgan fingerprint density at radius 1 is 0.191 bits per heavy atom. The van der Waals surface area contributed by atoms with Gasteiger partial charge in [-0.2, -0.15) is 0 Å². The van der Waals surface area contributed by atoms with Crippen molar-refractivity contribution in [2.45, 2.75) is 303 Å². The SMILES string of the molecule is O=[S-](=O)OC1CCCC2C3NC4NC(NC5NC(NC6NC(NC(N3)C12)C1CCCCC61)C1CCCCC51)C1CCCCC41.O=[S-](=O)OC1CCCC2C3NC4NC(NC5NC(NC6NC(NC(N3)C12)C1CCCCC61)C1CCCCC51)C1CCCCC41.[AlH+2]. The first-order chi connectivity index (χ1) is 43.2. The van der Waals surface area contributed by atoms with E-state index in [0.29, 0.717) is 120 Å². The van der Waals surface area contributed by atoms with E-state index in [-0.39, 0.29) is 103 Å². The molecule has 18 rings (SSSR count). The summed E-state index contributed by atoms with van der Waals surface area (Å²) >= 11 is 0. The van der Waals surface area contributed by atoms with Gasteiger partial charge in [-0.3, -0.25) is 85.1 Å². The van der Waals surface area contributed by atoms with Gasteiger partial charge in [0, 0.05) is 24.0 Å². The minimum absolute atomic E-state index is 0. The van der Waals surface area contributed by atoms with Crippen LogP contribution in [0.15, 0.2) is 0 Å². The van der Waals surface area contributed by atoms with Crippen molar-refractivity contribution in [3.05, 3.63) is 0 Å². The Bertz CT molecular complexity index is 2420. The molecule has 0 spiro atoms. The molecule has 34 atom stereocenters. The predicted octanol–water partition coefficient (Wildman–Crippen LogP) is 3.00. The van der Waals surface area contributed by atoms with Gasteiger partial charge in [0.1, 0.15) is 0 Å². The summed E-state index contributed by atoms with van der Waals surface area (Å²) in [6, 6.07) is 0. The molecule has 0 aromatic carbocycles. The van der Waals surface area contributed by atoms with Gasteiger partial charge in [0.15, 0.2) is 0 Å². The third-order valence-corrected chi connectivity index (χ3v) is 28.9. The van der Waals surface area contributed by atoms with Gasteiger partial charge in [-0.15, -0.1) is 0 Å². The second kappa shape index (κ2) is 27.2. The van der Waals surface area contributed by atoms with Crippen molar-refractivity contribution < 1.29 is 25.2 Å². The van der Waals surface area contributed by atoms with Crippen LogP contribution in [0.4, 0.5) is 0 Å². The number of hydrogen-bond donors (Lipinski definition) is 16. The fourth-order valence-corrected chi connectivity index (χ4v) is 25.3. The molecule has 8 saturated carbocycles. The van der Waals surface area contributed by atoms with Crippen LogP contribution < -0.4 is 85.1 Å². The number of rotatable bonds is 4. The molecule has 89 heavy (non-hydrogen) atoms. The number of fused-ring (bicyclic) bond motifs is 40. The Balaban J connectivity index is 0.000000141. The molecule has 25 heteroatoms. The summed E-state index contributed by atoms with van der Waals surface area (Å²) in [5.74, 6) is 8.33. The maximum absolute atomic E-state index is 11.8. The van der Waals surface area contributed by atoms with Crippen LogP contribution in [0.2, 0.25) is 0 Å². The second-order valence-corrected chi connectivity index (χ2v) is 33.2. The predicted molar refractivity (Wildman–Crippen MR) is 340 cm³/mol. The van der Waals surface area contributed by atoms with E-state index < -0.39 is 22.0 Å². The van der Waals surface area contributed by atoms with E-state index in [9.17, 15) is 16.8 Å². The first-order valence-electron chi connectivity index (χ1n) is 36.9. The molecule has 22 nitrogen and oxygen atoms in total. The van der Waals surface area contributed by atoms with Crippen LogP contribution in [-0.4, -0.2) is 128 Å². The van der Waals surface area contributed by atoms with Crippen molar-refractivity contribution in [1.29, 1.82) is 0 Å². The van der Waals surface area contributed by atoms with Crippen molar-refractivity contribution in [2.24, 2.45) is 94.7 Å². The average molecular weight is 1290 g/mol. The Morgan fingerprint density at radius 3 is 0.506 bits per heavy atom. The summed E-state index contributed by atoms with van der Waals surface area (Å²) < 4.78 is 58.7. The first-order valence-corrected chi connectivity index (χ1v) is 38.9. The molecular weight excluding hydrogens is 1180 g/mol.